The molecule has 156 valence electrons. The van der Waals surface area contributed by atoms with Crippen molar-refractivity contribution in [1.29, 1.82) is 0 Å². The van der Waals surface area contributed by atoms with Gasteiger partial charge in [-0.2, -0.15) is 5.10 Å². The predicted octanol–water partition coefficient (Wildman–Crippen LogP) is 3.20. The van der Waals surface area contributed by atoms with Crippen molar-refractivity contribution in [2.45, 2.75) is 32.0 Å². The van der Waals surface area contributed by atoms with Crippen LogP contribution in [0.2, 0.25) is 0 Å². The molecule has 3 aromatic rings. The Labute approximate surface area is 178 Å². The van der Waals surface area contributed by atoms with Gasteiger partial charge in [0.1, 0.15) is 0 Å². The minimum Gasteiger partial charge on any atom is -0.355 e. The summed E-state index contributed by atoms with van der Waals surface area (Å²) in [4.78, 5) is 6.97. The number of benzene rings is 2. The van der Waals surface area contributed by atoms with E-state index in [0.29, 0.717) is 6.04 Å². The maximum absolute atomic E-state index is 4.39. The van der Waals surface area contributed by atoms with Gasteiger partial charge in [0.25, 0.3) is 0 Å². The van der Waals surface area contributed by atoms with E-state index in [9.17, 15) is 0 Å². The highest BCUT2D eigenvalue weighted by molar-refractivity contribution is 5.79. The van der Waals surface area contributed by atoms with Crippen LogP contribution >= 0.6 is 0 Å². The number of aliphatic imine (C=N–C) groups is 1. The van der Waals surface area contributed by atoms with Crippen LogP contribution in [0, 0.1) is 0 Å². The average molecular weight is 403 g/mol. The van der Waals surface area contributed by atoms with Gasteiger partial charge in [-0.05, 0) is 48.7 Å². The quantitative estimate of drug-likeness (QED) is 0.471. The summed E-state index contributed by atoms with van der Waals surface area (Å²) in [6.45, 7) is 3.82. The Hall–Kier alpha value is -3.12. The molecule has 6 heteroatoms. The van der Waals surface area contributed by atoms with Crippen molar-refractivity contribution in [2.75, 3.05) is 20.1 Å². The molecule has 0 radical (unpaired) electrons. The molecule has 1 fully saturated rings. The Kier molecular flexibility index (Phi) is 6.77. The van der Waals surface area contributed by atoms with Gasteiger partial charge in [0.15, 0.2) is 5.96 Å². The molecule has 1 aromatic heterocycles. The van der Waals surface area contributed by atoms with E-state index in [0.717, 1.165) is 37.8 Å². The molecule has 0 bridgehead atoms. The number of aromatic nitrogens is 2. The van der Waals surface area contributed by atoms with E-state index in [-0.39, 0.29) is 0 Å². The summed E-state index contributed by atoms with van der Waals surface area (Å²) in [7, 11) is 1.83. The van der Waals surface area contributed by atoms with Crippen molar-refractivity contribution in [3.63, 3.8) is 0 Å². The van der Waals surface area contributed by atoms with Gasteiger partial charge in [-0.3, -0.25) is 9.89 Å². The standard InChI is InChI=1S/C24H30N6/c1-25-24(26-17-20-10-12-22(13-11-20)30-16-6-14-28-30)27-18-23-9-5-15-29(23)19-21-7-3-2-4-8-21/h2-4,6-8,10-14,16,23H,5,9,15,17-19H2,1H3,(H2,25,26,27). The second kappa shape index (κ2) is 10.1. The first-order chi connectivity index (χ1) is 14.8. The van der Waals surface area contributed by atoms with Crippen LogP contribution in [0.1, 0.15) is 24.0 Å². The van der Waals surface area contributed by atoms with Gasteiger partial charge in [0.2, 0.25) is 0 Å². The molecule has 1 atom stereocenters. The summed E-state index contributed by atoms with van der Waals surface area (Å²) >= 11 is 0. The number of rotatable bonds is 7. The molecule has 1 aliphatic rings. The Morgan fingerprint density at radius 1 is 1.03 bits per heavy atom. The lowest BCUT2D eigenvalue weighted by atomic mass is 10.2. The maximum atomic E-state index is 4.39. The molecule has 6 nitrogen and oxygen atoms in total. The van der Waals surface area contributed by atoms with Crippen LogP contribution in [0.4, 0.5) is 0 Å². The predicted molar refractivity (Wildman–Crippen MR) is 122 cm³/mol. The molecule has 30 heavy (non-hydrogen) atoms. The van der Waals surface area contributed by atoms with Gasteiger partial charge < -0.3 is 10.6 Å². The second-order valence-electron chi connectivity index (χ2n) is 7.68. The summed E-state index contributed by atoms with van der Waals surface area (Å²) in [6.07, 6.45) is 6.22. The zero-order valence-electron chi connectivity index (χ0n) is 17.5. The molecular formula is C24H30N6. The zero-order chi connectivity index (χ0) is 20.6. The van der Waals surface area contributed by atoms with E-state index in [4.69, 9.17) is 0 Å². The third-order valence-electron chi connectivity index (χ3n) is 5.62. The van der Waals surface area contributed by atoms with Crippen LogP contribution in [0.3, 0.4) is 0 Å². The van der Waals surface area contributed by atoms with E-state index in [1.807, 2.05) is 24.0 Å². The van der Waals surface area contributed by atoms with Crippen molar-refractivity contribution < 1.29 is 0 Å². The van der Waals surface area contributed by atoms with Crippen LogP contribution < -0.4 is 10.6 Å². The average Bonchev–Trinajstić information content (AvgIpc) is 3.48. The summed E-state index contributed by atoms with van der Waals surface area (Å²) < 4.78 is 1.86. The smallest absolute Gasteiger partial charge is 0.191 e. The van der Waals surface area contributed by atoms with Crippen LogP contribution in [0.5, 0.6) is 0 Å². The fourth-order valence-corrected chi connectivity index (χ4v) is 3.96. The van der Waals surface area contributed by atoms with Crippen LogP contribution in [0.25, 0.3) is 5.69 Å². The molecule has 1 aliphatic heterocycles. The number of hydrogen-bond acceptors (Lipinski definition) is 3. The van der Waals surface area contributed by atoms with Crippen LogP contribution in [-0.2, 0) is 13.1 Å². The number of nitrogens with one attached hydrogen (secondary N) is 2. The molecule has 2 heterocycles. The van der Waals surface area contributed by atoms with Crippen molar-refractivity contribution in [3.05, 3.63) is 84.2 Å². The molecule has 1 unspecified atom stereocenters. The lowest BCUT2D eigenvalue weighted by molar-refractivity contribution is 0.245. The Bertz CT molecular complexity index is 918. The number of guanidine groups is 1. The van der Waals surface area contributed by atoms with Gasteiger partial charge in [0, 0.05) is 45.1 Å². The van der Waals surface area contributed by atoms with E-state index in [2.05, 4.69) is 80.2 Å². The SMILES string of the molecule is CN=C(NCc1ccc(-n2cccn2)cc1)NCC1CCCN1Cc1ccccc1. The Balaban J connectivity index is 1.25. The lowest BCUT2D eigenvalue weighted by Crippen LogP contribution is -2.44. The van der Waals surface area contributed by atoms with E-state index in [1.54, 1.807) is 6.20 Å². The first-order valence-electron chi connectivity index (χ1n) is 10.6. The normalized spacial score (nSPS) is 17.2. The molecule has 0 spiro atoms. The third kappa shape index (κ3) is 5.27. The summed E-state index contributed by atoms with van der Waals surface area (Å²) in [6, 6.07) is 21.6. The van der Waals surface area contributed by atoms with Crippen molar-refractivity contribution >= 4 is 5.96 Å². The fraction of sp³-hybridized carbons (Fsp3) is 0.333. The highest BCUT2D eigenvalue weighted by Crippen LogP contribution is 2.19. The first-order valence-corrected chi connectivity index (χ1v) is 10.6. The van der Waals surface area contributed by atoms with Crippen LogP contribution in [-0.4, -0.2) is 46.8 Å². The second-order valence-corrected chi connectivity index (χ2v) is 7.68. The van der Waals surface area contributed by atoms with Crippen molar-refractivity contribution in [1.82, 2.24) is 25.3 Å². The van der Waals surface area contributed by atoms with Gasteiger partial charge in [-0.1, -0.05) is 42.5 Å². The Morgan fingerprint density at radius 2 is 1.87 bits per heavy atom. The number of nitrogens with zero attached hydrogens (tertiary/aromatic N) is 4. The number of hydrogen-bond donors (Lipinski definition) is 2. The molecule has 0 saturated carbocycles. The minimum absolute atomic E-state index is 0.539. The van der Waals surface area contributed by atoms with Crippen LogP contribution in [0.15, 0.2) is 78.0 Å². The van der Waals surface area contributed by atoms with Gasteiger partial charge in [0.05, 0.1) is 5.69 Å². The lowest BCUT2D eigenvalue weighted by Gasteiger charge is -2.25. The third-order valence-corrected chi connectivity index (χ3v) is 5.62. The van der Waals surface area contributed by atoms with Gasteiger partial charge in [-0.25, -0.2) is 4.68 Å². The first kappa shape index (κ1) is 20.2. The van der Waals surface area contributed by atoms with Crippen molar-refractivity contribution in [2.24, 2.45) is 4.99 Å². The van der Waals surface area contributed by atoms with Gasteiger partial charge >= 0.3 is 0 Å². The summed E-state index contributed by atoms with van der Waals surface area (Å²) in [5.41, 5.74) is 3.65. The van der Waals surface area contributed by atoms with Gasteiger partial charge in [-0.15, -0.1) is 0 Å². The monoisotopic (exact) mass is 402 g/mol. The molecular weight excluding hydrogens is 372 g/mol. The molecule has 2 aromatic carbocycles. The summed E-state index contributed by atoms with van der Waals surface area (Å²) in [5, 5.41) is 11.2. The summed E-state index contributed by atoms with van der Waals surface area (Å²) in [5.74, 6) is 0.845. The molecule has 2 N–H and O–H groups in total. The molecule has 0 amide bonds. The molecule has 0 aliphatic carbocycles. The topological polar surface area (TPSA) is 57.5 Å². The fourth-order valence-electron chi connectivity index (χ4n) is 3.96. The highest BCUT2D eigenvalue weighted by Gasteiger charge is 2.24. The Morgan fingerprint density at radius 3 is 2.60 bits per heavy atom. The highest BCUT2D eigenvalue weighted by atomic mass is 15.3. The zero-order valence-corrected chi connectivity index (χ0v) is 17.5. The minimum atomic E-state index is 0.539. The van der Waals surface area contributed by atoms with Crippen molar-refractivity contribution in [3.8, 4) is 5.69 Å². The van der Waals surface area contributed by atoms with E-state index < -0.39 is 0 Å². The maximum Gasteiger partial charge on any atom is 0.191 e. The van der Waals surface area contributed by atoms with E-state index >= 15 is 0 Å². The largest absolute Gasteiger partial charge is 0.355 e. The molecule has 4 rings (SSSR count). The molecule has 1 saturated heterocycles. The van der Waals surface area contributed by atoms with E-state index in [1.165, 1.54) is 24.0 Å². The number of likely N-dealkylation sites (tertiary alicyclic amines) is 1.